The third-order valence-electron chi connectivity index (χ3n) is 3.43. The molecule has 1 saturated carbocycles. The maximum absolute atomic E-state index is 12.1. The Hall–Kier alpha value is -1.63. The summed E-state index contributed by atoms with van der Waals surface area (Å²) in [5.74, 6) is 1.96. The van der Waals surface area contributed by atoms with Crippen LogP contribution in [0.3, 0.4) is 0 Å². The summed E-state index contributed by atoms with van der Waals surface area (Å²) >= 11 is 0. The number of fused-ring (bicyclic) bond motifs is 1. The topological polar surface area (TPSA) is 17.1 Å². The number of hydrogen-bond acceptors (Lipinski definition) is 1. The summed E-state index contributed by atoms with van der Waals surface area (Å²) in [6, 6.07) is 0. The molecule has 0 radical (unpaired) electrons. The molecule has 0 aromatic heterocycles. The van der Waals surface area contributed by atoms with Gasteiger partial charge in [-0.05, 0) is 17.8 Å². The summed E-state index contributed by atoms with van der Waals surface area (Å²) in [7, 11) is 0. The molecule has 0 saturated heterocycles. The standard InChI is InChI=1S/C15H16O.C2H6/c1-4-6-11(5-2)15(16)12-7-8-13-10(3)14(13)9-12;1-2/h4-10,13-14H,1-2H2,3H3;1-2H3/b11-6+;. The first-order valence-electron chi connectivity index (χ1n) is 6.59. The van der Waals surface area contributed by atoms with Gasteiger partial charge in [0.1, 0.15) is 0 Å². The van der Waals surface area contributed by atoms with Crippen LogP contribution in [-0.4, -0.2) is 5.78 Å². The van der Waals surface area contributed by atoms with Crippen LogP contribution in [0.4, 0.5) is 0 Å². The highest BCUT2D eigenvalue weighted by atomic mass is 16.1. The second-order valence-corrected chi connectivity index (χ2v) is 4.39. The quantitative estimate of drug-likeness (QED) is 0.532. The molecule has 0 aromatic rings. The molecular formula is C17H22O. The van der Waals surface area contributed by atoms with E-state index >= 15 is 0 Å². The second kappa shape index (κ2) is 6.34. The predicted molar refractivity (Wildman–Crippen MR) is 78.2 cm³/mol. The lowest BCUT2D eigenvalue weighted by Crippen LogP contribution is -2.05. The van der Waals surface area contributed by atoms with Crippen LogP contribution >= 0.6 is 0 Å². The van der Waals surface area contributed by atoms with Crippen molar-refractivity contribution in [3.63, 3.8) is 0 Å². The first kappa shape index (κ1) is 14.4. The highest BCUT2D eigenvalue weighted by molar-refractivity contribution is 6.12. The average Bonchev–Trinajstić information content (AvgIpc) is 3.08. The fourth-order valence-corrected chi connectivity index (χ4v) is 2.25. The smallest absolute Gasteiger partial charge is 0.192 e. The zero-order chi connectivity index (χ0) is 13.7. The van der Waals surface area contributed by atoms with Crippen molar-refractivity contribution >= 4 is 5.78 Å². The van der Waals surface area contributed by atoms with E-state index in [0.717, 1.165) is 5.57 Å². The highest BCUT2D eigenvalue weighted by Gasteiger charge is 2.45. The number of carbonyl (C=O) groups excluding carboxylic acids is 1. The Balaban J connectivity index is 0.000000771. The molecule has 0 aromatic carbocycles. The lowest BCUT2D eigenvalue weighted by molar-refractivity contribution is -0.111. The normalized spacial score (nSPS) is 28.3. The molecule has 1 heteroatoms. The summed E-state index contributed by atoms with van der Waals surface area (Å²) in [6.45, 7) is 13.5. The second-order valence-electron chi connectivity index (χ2n) is 4.39. The molecule has 1 nitrogen and oxygen atoms in total. The molecule has 0 aliphatic heterocycles. The molecule has 0 bridgehead atoms. The van der Waals surface area contributed by atoms with Crippen molar-refractivity contribution in [2.75, 3.05) is 0 Å². The molecule has 0 spiro atoms. The molecule has 3 atom stereocenters. The van der Waals surface area contributed by atoms with Gasteiger partial charge in [-0.1, -0.05) is 70.4 Å². The summed E-state index contributed by atoms with van der Waals surface area (Å²) in [5, 5.41) is 0. The van der Waals surface area contributed by atoms with Gasteiger partial charge in [0.15, 0.2) is 5.78 Å². The Morgan fingerprint density at radius 2 is 1.94 bits per heavy atom. The molecule has 2 aliphatic carbocycles. The summed E-state index contributed by atoms with van der Waals surface area (Å²) in [4.78, 5) is 12.1. The number of ketones is 1. The molecule has 1 fully saturated rings. The van der Waals surface area contributed by atoms with E-state index in [2.05, 4.69) is 32.2 Å². The number of rotatable bonds is 4. The monoisotopic (exact) mass is 242 g/mol. The molecular weight excluding hydrogens is 220 g/mol. The Kier molecular flexibility index (Phi) is 5.08. The lowest BCUT2D eigenvalue weighted by Gasteiger charge is -2.05. The molecule has 0 amide bonds. The minimum Gasteiger partial charge on any atom is -0.289 e. The Bertz CT molecular complexity index is 435. The van der Waals surface area contributed by atoms with E-state index in [1.807, 2.05) is 19.9 Å². The summed E-state index contributed by atoms with van der Waals surface area (Å²) in [6.07, 6.45) is 11.1. The van der Waals surface area contributed by atoms with Crippen LogP contribution in [0.15, 0.2) is 60.8 Å². The van der Waals surface area contributed by atoms with E-state index in [-0.39, 0.29) is 5.78 Å². The molecule has 3 unspecified atom stereocenters. The van der Waals surface area contributed by atoms with E-state index in [1.165, 1.54) is 0 Å². The predicted octanol–water partition coefficient (Wildman–Crippen LogP) is 4.26. The van der Waals surface area contributed by atoms with Crippen LogP contribution in [0, 0.1) is 17.8 Å². The molecule has 18 heavy (non-hydrogen) atoms. The van der Waals surface area contributed by atoms with Gasteiger partial charge in [-0.15, -0.1) is 0 Å². The summed E-state index contributed by atoms with van der Waals surface area (Å²) < 4.78 is 0. The Labute approximate surface area is 110 Å². The van der Waals surface area contributed by atoms with Crippen LogP contribution < -0.4 is 0 Å². The van der Waals surface area contributed by atoms with Crippen molar-refractivity contribution in [1.29, 1.82) is 0 Å². The van der Waals surface area contributed by atoms with E-state index in [0.29, 0.717) is 23.3 Å². The van der Waals surface area contributed by atoms with Crippen molar-refractivity contribution in [2.45, 2.75) is 20.8 Å². The van der Waals surface area contributed by atoms with E-state index in [4.69, 9.17) is 0 Å². The minimum atomic E-state index is 0.0451. The van der Waals surface area contributed by atoms with Gasteiger partial charge in [0.25, 0.3) is 0 Å². The van der Waals surface area contributed by atoms with Crippen molar-refractivity contribution in [3.05, 3.63) is 60.8 Å². The zero-order valence-corrected chi connectivity index (χ0v) is 11.5. The molecule has 0 N–H and O–H groups in total. The van der Waals surface area contributed by atoms with Gasteiger partial charge in [-0.2, -0.15) is 0 Å². The van der Waals surface area contributed by atoms with Crippen LogP contribution in [0.25, 0.3) is 0 Å². The maximum Gasteiger partial charge on any atom is 0.192 e. The number of carbonyl (C=O) groups is 1. The van der Waals surface area contributed by atoms with E-state index in [9.17, 15) is 4.79 Å². The van der Waals surface area contributed by atoms with Gasteiger partial charge in [0.2, 0.25) is 0 Å². The fraction of sp³-hybridized carbons (Fsp3) is 0.353. The number of allylic oxidation sites excluding steroid dienone is 8. The number of hydrogen-bond donors (Lipinski definition) is 0. The minimum absolute atomic E-state index is 0.0451. The van der Waals surface area contributed by atoms with Gasteiger partial charge in [-0.25, -0.2) is 0 Å². The first-order chi connectivity index (χ1) is 8.69. The third-order valence-corrected chi connectivity index (χ3v) is 3.43. The highest BCUT2D eigenvalue weighted by Crippen LogP contribution is 2.50. The van der Waals surface area contributed by atoms with Crippen molar-refractivity contribution < 1.29 is 4.79 Å². The van der Waals surface area contributed by atoms with Gasteiger partial charge in [0.05, 0.1) is 0 Å². The molecule has 0 heterocycles. The first-order valence-corrected chi connectivity index (χ1v) is 6.59. The third kappa shape index (κ3) is 2.79. The van der Waals surface area contributed by atoms with Crippen molar-refractivity contribution in [3.8, 4) is 0 Å². The van der Waals surface area contributed by atoms with Crippen LogP contribution in [0.1, 0.15) is 20.8 Å². The molecule has 2 aliphatic rings. The number of Topliss-reactive ketones (excluding diaryl/α,β-unsaturated/α-hetero) is 1. The van der Waals surface area contributed by atoms with Crippen molar-refractivity contribution in [2.24, 2.45) is 17.8 Å². The Morgan fingerprint density at radius 1 is 1.28 bits per heavy atom. The van der Waals surface area contributed by atoms with Gasteiger partial charge in [0, 0.05) is 11.1 Å². The van der Waals surface area contributed by atoms with Gasteiger partial charge >= 0.3 is 0 Å². The van der Waals surface area contributed by atoms with Crippen molar-refractivity contribution in [1.82, 2.24) is 0 Å². The largest absolute Gasteiger partial charge is 0.289 e. The fourth-order valence-electron chi connectivity index (χ4n) is 2.25. The van der Waals surface area contributed by atoms with Crippen LogP contribution in [0.5, 0.6) is 0 Å². The molecule has 2 rings (SSSR count). The summed E-state index contributed by atoms with van der Waals surface area (Å²) in [5.41, 5.74) is 1.40. The SMILES string of the molecule is C=C/C=C(\C=C)C(=O)C1=CC2C(C)C2C=C1.CC. The zero-order valence-electron chi connectivity index (χ0n) is 11.5. The van der Waals surface area contributed by atoms with E-state index < -0.39 is 0 Å². The van der Waals surface area contributed by atoms with Gasteiger partial charge in [-0.3, -0.25) is 4.79 Å². The van der Waals surface area contributed by atoms with E-state index in [1.54, 1.807) is 18.2 Å². The molecule has 96 valence electrons. The van der Waals surface area contributed by atoms with Gasteiger partial charge < -0.3 is 0 Å². The lowest BCUT2D eigenvalue weighted by atomic mass is 9.98. The maximum atomic E-state index is 12.1. The average molecular weight is 242 g/mol. The Morgan fingerprint density at radius 3 is 2.44 bits per heavy atom. The van der Waals surface area contributed by atoms with Crippen LogP contribution in [0.2, 0.25) is 0 Å². The van der Waals surface area contributed by atoms with Crippen LogP contribution in [-0.2, 0) is 4.79 Å².